The molecule has 2 atom stereocenters. The Hall–Kier alpha value is -1.62. The minimum Gasteiger partial charge on any atom is -0.497 e. The number of hydrogen-bond donors (Lipinski definition) is 1. The Kier molecular flexibility index (Phi) is 4.60. The first-order valence-corrected chi connectivity index (χ1v) is 6.77. The molecule has 4 nitrogen and oxygen atoms in total. The van der Waals surface area contributed by atoms with Gasteiger partial charge in [0.15, 0.2) is 0 Å². The van der Waals surface area contributed by atoms with Crippen molar-refractivity contribution in [3.05, 3.63) is 29.6 Å². The molecule has 20 heavy (non-hydrogen) atoms. The molecule has 2 rings (SSSR count). The minimum atomic E-state index is -0.771. The summed E-state index contributed by atoms with van der Waals surface area (Å²) in [6.45, 7) is 3.71. The highest BCUT2D eigenvalue weighted by Gasteiger charge is 2.29. The van der Waals surface area contributed by atoms with Crippen molar-refractivity contribution >= 4 is 5.97 Å². The molecule has 0 aromatic heterocycles. The third kappa shape index (κ3) is 3.48. The van der Waals surface area contributed by atoms with Gasteiger partial charge in [-0.05, 0) is 30.5 Å². The lowest BCUT2D eigenvalue weighted by Crippen LogP contribution is -2.42. The van der Waals surface area contributed by atoms with E-state index in [4.69, 9.17) is 9.84 Å². The Balaban J connectivity index is 2.10. The van der Waals surface area contributed by atoms with E-state index in [0.717, 1.165) is 6.54 Å². The Morgan fingerprint density at radius 2 is 2.25 bits per heavy atom. The number of benzene rings is 1. The number of halogens is 1. The van der Waals surface area contributed by atoms with Crippen molar-refractivity contribution in [2.45, 2.75) is 19.9 Å². The van der Waals surface area contributed by atoms with Crippen LogP contribution in [-0.2, 0) is 11.3 Å². The van der Waals surface area contributed by atoms with Gasteiger partial charge in [0, 0.05) is 25.2 Å². The summed E-state index contributed by atoms with van der Waals surface area (Å²) < 4.78 is 18.9. The molecule has 0 radical (unpaired) electrons. The van der Waals surface area contributed by atoms with Crippen molar-refractivity contribution in [3.63, 3.8) is 0 Å². The predicted octanol–water partition coefficient (Wildman–Crippen LogP) is 2.38. The van der Waals surface area contributed by atoms with Gasteiger partial charge in [-0.3, -0.25) is 9.69 Å². The van der Waals surface area contributed by atoms with E-state index in [0.29, 0.717) is 36.7 Å². The molecule has 0 bridgehead atoms. The van der Waals surface area contributed by atoms with Gasteiger partial charge in [-0.25, -0.2) is 4.39 Å². The van der Waals surface area contributed by atoms with Gasteiger partial charge in [0.05, 0.1) is 13.0 Å². The van der Waals surface area contributed by atoms with Crippen LogP contribution in [0.1, 0.15) is 18.9 Å². The first-order chi connectivity index (χ1) is 9.49. The van der Waals surface area contributed by atoms with E-state index in [1.54, 1.807) is 19.2 Å². The Morgan fingerprint density at radius 3 is 2.90 bits per heavy atom. The summed E-state index contributed by atoms with van der Waals surface area (Å²) in [5.41, 5.74) is 0.544. The van der Waals surface area contributed by atoms with Crippen molar-refractivity contribution < 1.29 is 19.0 Å². The third-order valence-corrected chi connectivity index (χ3v) is 3.73. The third-order valence-electron chi connectivity index (χ3n) is 3.73. The zero-order valence-corrected chi connectivity index (χ0v) is 11.8. The summed E-state index contributed by atoms with van der Waals surface area (Å²) in [7, 11) is 1.54. The van der Waals surface area contributed by atoms with Crippen LogP contribution in [0.4, 0.5) is 4.39 Å². The van der Waals surface area contributed by atoms with Crippen LogP contribution in [0.2, 0.25) is 0 Å². The van der Waals surface area contributed by atoms with Crippen molar-refractivity contribution in [2.75, 3.05) is 20.2 Å². The summed E-state index contributed by atoms with van der Waals surface area (Å²) in [5, 5.41) is 9.16. The van der Waals surface area contributed by atoms with Gasteiger partial charge in [0.2, 0.25) is 0 Å². The molecule has 1 saturated heterocycles. The summed E-state index contributed by atoms with van der Waals surface area (Å²) in [5.74, 6) is -0.504. The smallest absolute Gasteiger partial charge is 0.307 e. The number of carboxylic acids is 1. The number of hydrogen-bond acceptors (Lipinski definition) is 3. The van der Waals surface area contributed by atoms with Gasteiger partial charge in [0.1, 0.15) is 11.6 Å². The number of aliphatic carboxylic acids is 1. The van der Waals surface area contributed by atoms with Crippen LogP contribution in [-0.4, -0.2) is 36.2 Å². The highest BCUT2D eigenvalue weighted by atomic mass is 19.1. The monoisotopic (exact) mass is 281 g/mol. The van der Waals surface area contributed by atoms with E-state index in [-0.39, 0.29) is 11.7 Å². The standard InChI is InChI=1S/C15H20FNO3/c1-10-5-12(15(18)19)9-17(7-10)8-11-6-13(20-2)3-4-14(11)16/h3-4,6,10,12H,5,7-9H2,1-2H3,(H,18,19). The minimum absolute atomic E-state index is 0.282. The van der Waals surface area contributed by atoms with Crippen molar-refractivity contribution in [1.29, 1.82) is 0 Å². The second-order valence-corrected chi connectivity index (χ2v) is 5.53. The van der Waals surface area contributed by atoms with Gasteiger partial charge in [-0.2, -0.15) is 0 Å². The van der Waals surface area contributed by atoms with E-state index in [1.165, 1.54) is 6.07 Å². The highest BCUT2D eigenvalue weighted by Crippen LogP contribution is 2.25. The fraction of sp³-hybridized carbons (Fsp3) is 0.533. The summed E-state index contributed by atoms with van der Waals surface area (Å²) in [6.07, 6.45) is 0.687. The quantitative estimate of drug-likeness (QED) is 0.920. The average molecular weight is 281 g/mol. The van der Waals surface area contributed by atoms with Gasteiger partial charge in [-0.1, -0.05) is 6.92 Å². The van der Waals surface area contributed by atoms with Gasteiger partial charge in [0.25, 0.3) is 0 Å². The zero-order valence-electron chi connectivity index (χ0n) is 11.8. The van der Waals surface area contributed by atoms with E-state index < -0.39 is 5.97 Å². The second-order valence-electron chi connectivity index (χ2n) is 5.53. The first-order valence-electron chi connectivity index (χ1n) is 6.77. The average Bonchev–Trinajstić information content (AvgIpc) is 2.40. The summed E-state index contributed by atoms with van der Waals surface area (Å²) >= 11 is 0. The molecule has 2 unspecified atom stereocenters. The van der Waals surface area contributed by atoms with Crippen LogP contribution in [0.25, 0.3) is 0 Å². The molecule has 0 amide bonds. The van der Waals surface area contributed by atoms with Crippen molar-refractivity contribution in [3.8, 4) is 5.75 Å². The first kappa shape index (κ1) is 14.8. The van der Waals surface area contributed by atoms with Gasteiger partial charge >= 0.3 is 5.97 Å². The number of ether oxygens (including phenoxy) is 1. The van der Waals surface area contributed by atoms with Gasteiger partial charge in [-0.15, -0.1) is 0 Å². The van der Waals surface area contributed by atoms with Crippen molar-refractivity contribution in [2.24, 2.45) is 11.8 Å². The van der Waals surface area contributed by atoms with Crippen LogP contribution >= 0.6 is 0 Å². The molecule has 1 aromatic carbocycles. The molecule has 0 saturated carbocycles. The van der Waals surface area contributed by atoms with Gasteiger partial charge < -0.3 is 9.84 Å². The molecular formula is C15H20FNO3. The molecule has 1 aromatic rings. The van der Waals surface area contributed by atoms with E-state index in [1.807, 2.05) is 11.8 Å². The molecule has 5 heteroatoms. The molecule has 1 heterocycles. The molecule has 0 spiro atoms. The Morgan fingerprint density at radius 1 is 1.50 bits per heavy atom. The summed E-state index contributed by atoms with van der Waals surface area (Å²) in [4.78, 5) is 13.1. The number of carbonyl (C=O) groups is 1. The lowest BCUT2D eigenvalue weighted by atomic mass is 9.90. The zero-order chi connectivity index (χ0) is 14.7. The maximum absolute atomic E-state index is 13.8. The second kappa shape index (κ2) is 6.22. The SMILES string of the molecule is COc1ccc(F)c(CN2CC(C)CC(C(=O)O)C2)c1. The fourth-order valence-electron chi connectivity index (χ4n) is 2.81. The normalized spacial score (nSPS) is 23.6. The number of likely N-dealkylation sites (tertiary alicyclic amines) is 1. The van der Waals surface area contributed by atoms with Crippen LogP contribution < -0.4 is 4.74 Å². The predicted molar refractivity (Wildman–Crippen MR) is 73.1 cm³/mol. The number of rotatable bonds is 4. The maximum Gasteiger partial charge on any atom is 0.307 e. The summed E-state index contributed by atoms with van der Waals surface area (Å²) in [6, 6.07) is 4.64. The lowest BCUT2D eigenvalue weighted by Gasteiger charge is -2.34. The van der Waals surface area contributed by atoms with Crippen LogP contribution in [0.15, 0.2) is 18.2 Å². The Labute approximate surface area is 118 Å². The van der Waals surface area contributed by atoms with E-state index in [2.05, 4.69) is 0 Å². The maximum atomic E-state index is 13.8. The highest BCUT2D eigenvalue weighted by molar-refractivity contribution is 5.70. The van der Waals surface area contributed by atoms with E-state index >= 15 is 0 Å². The number of methoxy groups -OCH3 is 1. The number of piperidine rings is 1. The molecule has 1 aliphatic rings. The fourth-order valence-corrected chi connectivity index (χ4v) is 2.81. The van der Waals surface area contributed by atoms with Crippen LogP contribution in [0, 0.1) is 17.7 Å². The van der Waals surface area contributed by atoms with E-state index in [9.17, 15) is 9.18 Å². The number of nitrogens with zero attached hydrogens (tertiary/aromatic N) is 1. The molecule has 110 valence electrons. The topological polar surface area (TPSA) is 49.8 Å². The Bertz CT molecular complexity index is 492. The van der Waals surface area contributed by atoms with Crippen LogP contribution in [0.5, 0.6) is 5.75 Å². The van der Waals surface area contributed by atoms with Crippen LogP contribution in [0.3, 0.4) is 0 Å². The van der Waals surface area contributed by atoms with Crippen molar-refractivity contribution in [1.82, 2.24) is 4.90 Å². The molecule has 1 N–H and O–H groups in total. The molecule has 1 aliphatic heterocycles. The number of carboxylic acid groups (broad SMARTS) is 1. The lowest BCUT2D eigenvalue weighted by molar-refractivity contribution is -0.144. The molecule has 0 aliphatic carbocycles. The molecular weight excluding hydrogens is 261 g/mol. The largest absolute Gasteiger partial charge is 0.497 e. The molecule has 1 fully saturated rings.